The van der Waals surface area contributed by atoms with Crippen molar-refractivity contribution in [3.63, 3.8) is 0 Å². The number of hydrogen-bond donors (Lipinski definition) is 1. The molecular weight excluding hydrogens is 354 g/mol. The number of piperidine rings is 1. The summed E-state index contributed by atoms with van der Waals surface area (Å²) >= 11 is 0. The largest absolute Gasteiger partial charge is 0.450 e. The minimum Gasteiger partial charge on any atom is -0.450 e. The Balaban J connectivity index is 1.63. The maximum atomic E-state index is 13.0. The summed E-state index contributed by atoms with van der Waals surface area (Å²) < 4.78 is 5.05. The number of urea groups is 1. The van der Waals surface area contributed by atoms with E-state index in [9.17, 15) is 9.59 Å². The van der Waals surface area contributed by atoms with E-state index in [1.165, 1.54) is 0 Å². The van der Waals surface area contributed by atoms with Crippen molar-refractivity contribution in [1.82, 2.24) is 10.2 Å². The zero-order valence-corrected chi connectivity index (χ0v) is 16.2. The normalized spacial score (nSPS) is 14.4. The summed E-state index contributed by atoms with van der Waals surface area (Å²) in [5.41, 5.74) is 1.92. The maximum Gasteiger partial charge on any atom is 0.409 e. The van der Waals surface area contributed by atoms with Crippen molar-refractivity contribution in [3.05, 3.63) is 66.2 Å². The highest BCUT2D eigenvalue weighted by Gasteiger charge is 2.26. The summed E-state index contributed by atoms with van der Waals surface area (Å²) in [5, 5.41) is 3.14. The number of likely N-dealkylation sites (tertiary alicyclic amines) is 1. The van der Waals surface area contributed by atoms with Crippen LogP contribution in [-0.2, 0) is 11.3 Å². The molecule has 148 valence electrons. The van der Waals surface area contributed by atoms with Gasteiger partial charge in [0.15, 0.2) is 0 Å². The molecule has 0 spiro atoms. The van der Waals surface area contributed by atoms with Crippen LogP contribution in [0.5, 0.6) is 0 Å². The first-order valence-corrected chi connectivity index (χ1v) is 9.76. The van der Waals surface area contributed by atoms with Crippen LogP contribution >= 0.6 is 0 Å². The molecule has 1 saturated heterocycles. The molecule has 6 heteroatoms. The molecule has 6 nitrogen and oxygen atoms in total. The van der Waals surface area contributed by atoms with Crippen LogP contribution < -0.4 is 10.2 Å². The molecule has 1 N–H and O–H groups in total. The van der Waals surface area contributed by atoms with Crippen LogP contribution in [0.3, 0.4) is 0 Å². The first kappa shape index (κ1) is 19.7. The molecule has 0 saturated carbocycles. The van der Waals surface area contributed by atoms with E-state index in [1.54, 1.807) is 16.7 Å². The molecule has 0 bridgehead atoms. The molecule has 3 amide bonds. The molecule has 0 radical (unpaired) electrons. The lowest BCUT2D eigenvalue weighted by Gasteiger charge is -2.33. The SMILES string of the molecule is CCOC(=O)N1CCC(NC(=O)N(Cc2ccccc2)c2ccccc2)CC1. The summed E-state index contributed by atoms with van der Waals surface area (Å²) in [6, 6.07) is 19.5. The maximum absolute atomic E-state index is 13.0. The number of ether oxygens (including phenoxy) is 1. The van der Waals surface area contributed by atoms with Gasteiger partial charge in [0.1, 0.15) is 0 Å². The lowest BCUT2D eigenvalue weighted by atomic mass is 10.1. The Hall–Kier alpha value is -3.02. The predicted octanol–water partition coefficient (Wildman–Crippen LogP) is 4.02. The number of benzene rings is 2. The van der Waals surface area contributed by atoms with Crippen LogP contribution in [0.25, 0.3) is 0 Å². The lowest BCUT2D eigenvalue weighted by Crippen LogP contribution is -2.50. The van der Waals surface area contributed by atoms with Gasteiger partial charge in [0.25, 0.3) is 0 Å². The average molecular weight is 381 g/mol. The first-order chi connectivity index (χ1) is 13.7. The Morgan fingerprint density at radius 3 is 2.25 bits per heavy atom. The Morgan fingerprint density at radius 2 is 1.64 bits per heavy atom. The van der Waals surface area contributed by atoms with Crippen LogP contribution in [-0.4, -0.2) is 42.8 Å². The average Bonchev–Trinajstić information content (AvgIpc) is 2.74. The highest BCUT2D eigenvalue weighted by atomic mass is 16.6. The summed E-state index contributed by atoms with van der Waals surface area (Å²) in [6.07, 6.45) is 1.17. The van der Waals surface area contributed by atoms with Crippen molar-refractivity contribution in [1.29, 1.82) is 0 Å². The number of rotatable bonds is 5. The second-order valence-electron chi connectivity index (χ2n) is 6.82. The fourth-order valence-electron chi connectivity index (χ4n) is 3.33. The summed E-state index contributed by atoms with van der Waals surface area (Å²) in [5.74, 6) is 0. The van der Waals surface area contributed by atoms with Crippen LogP contribution in [0, 0.1) is 0 Å². The summed E-state index contributed by atoms with van der Waals surface area (Å²) in [6.45, 7) is 3.86. The highest BCUT2D eigenvalue weighted by molar-refractivity contribution is 5.92. The second-order valence-corrected chi connectivity index (χ2v) is 6.82. The standard InChI is InChI=1S/C22H27N3O3/c1-2-28-22(27)24-15-13-19(14-16-24)23-21(26)25(20-11-7-4-8-12-20)17-18-9-5-3-6-10-18/h3-12,19H,2,13-17H2,1H3,(H,23,26). The number of carbonyl (C=O) groups excluding carboxylic acids is 2. The second kappa shape index (κ2) is 9.78. The molecule has 1 aliphatic rings. The van der Waals surface area contributed by atoms with Crippen LogP contribution in [0.2, 0.25) is 0 Å². The van der Waals surface area contributed by atoms with Gasteiger partial charge in [-0.15, -0.1) is 0 Å². The van der Waals surface area contributed by atoms with Gasteiger partial charge in [-0.25, -0.2) is 9.59 Å². The molecule has 1 heterocycles. The van der Waals surface area contributed by atoms with Crippen molar-refractivity contribution >= 4 is 17.8 Å². The van der Waals surface area contributed by atoms with Gasteiger partial charge < -0.3 is 15.0 Å². The van der Waals surface area contributed by atoms with Gasteiger partial charge in [-0.05, 0) is 37.5 Å². The third-order valence-corrected chi connectivity index (χ3v) is 4.85. The third kappa shape index (κ3) is 5.25. The molecule has 2 aromatic rings. The van der Waals surface area contributed by atoms with E-state index in [0.717, 1.165) is 24.1 Å². The van der Waals surface area contributed by atoms with Crippen molar-refractivity contribution < 1.29 is 14.3 Å². The van der Waals surface area contributed by atoms with E-state index in [4.69, 9.17) is 4.74 Å². The fraction of sp³-hybridized carbons (Fsp3) is 0.364. The number of anilines is 1. The van der Waals surface area contributed by atoms with Crippen molar-refractivity contribution in [2.24, 2.45) is 0 Å². The van der Waals surface area contributed by atoms with Gasteiger partial charge in [0, 0.05) is 24.8 Å². The molecule has 3 rings (SSSR count). The van der Waals surface area contributed by atoms with E-state index in [0.29, 0.717) is 26.2 Å². The molecule has 0 atom stereocenters. The molecular formula is C22H27N3O3. The Labute approximate surface area is 166 Å². The minimum absolute atomic E-state index is 0.0418. The third-order valence-electron chi connectivity index (χ3n) is 4.85. The van der Waals surface area contributed by atoms with E-state index >= 15 is 0 Å². The van der Waals surface area contributed by atoms with Crippen molar-refractivity contribution in [2.75, 3.05) is 24.6 Å². The number of nitrogens with zero attached hydrogens (tertiary/aromatic N) is 2. The smallest absolute Gasteiger partial charge is 0.409 e. The van der Waals surface area contributed by atoms with E-state index in [2.05, 4.69) is 5.32 Å². The van der Waals surface area contributed by atoms with E-state index in [-0.39, 0.29) is 18.2 Å². The van der Waals surface area contributed by atoms with E-state index < -0.39 is 0 Å². The minimum atomic E-state index is -0.276. The highest BCUT2D eigenvalue weighted by Crippen LogP contribution is 2.18. The van der Waals surface area contributed by atoms with Gasteiger partial charge in [-0.2, -0.15) is 0 Å². The number of carbonyl (C=O) groups is 2. The van der Waals surface area contributed by atoms with Gasteiger partial charge in [-0.3, -0.25) is 4.90 Å². The fourth-order valence-corrected chi connectivity index (χ4v) is 3.33. The Kier molecular flexibility index (Phi) is 6.89. The predicted molar refractivity (Wildman–Crippen MR) is 109 cm³/mol. The molecule has 1 aliphatic heterocycles. The topological polar surface area (TPSA) is 61.9 Å². The molecule has 0 aliphatic carbocycles. The van der Waals surface area contributed by atoms with Crippen molar-refractivity contribution in [2.45, 2.75) is 32.4 Å². The summed E-state index contributed by atoms with van der Waals surface area (Å²) in [4.78, 5) is 28.3. The number of hydrogen-bond acceptors (Lipinski definition) is 3. The van der Waals surface area contributed by atoms with Gasteiger partial charge >= 0.3 is 12.1 Å². The van der Waals surface area contributed by atoms with Crippen LogP contribution in [0.15, 0.2) is 60.7 Å². The molecule has 0 unspecified atom stereocenters. The first-order valence-electron chi connectivity index (χ1n) is 9.76. The zero-order valence-electron chi connectivity index (χ0n) is 16.2. The van der Waals surface area contributed by atoms with Gasteiger partial charge in [-0.1, -0.05) is 48.5 Å². The molecule has 1 fully saturated rings. The summed E-state index contributed by atoms with van der Waals surface area (Å²) in [7, 11) is 0. The molecule has 2 aromatic carbocycles. The Morgan fingerprint density at radius 1 is 1.04 bits per heavy atom. The van der Waals surface area contributed by atoms with Gasteiger partial charge in [0.2, 0.25) is 0 Å². The number of amides is 3. The van der Waals surface area contributed by atoms with Crippen LogP contribution in [0.1, 0.15) is 25.3 Å². The monoisotopic (exact) mass is 381 g/mol. The zero-order chi connectivity index (χ0) is 19.8. The van der Waals surface area contributed by atoms with Crippen LogP contribution in [0.4, 0.5) is 15.3 Å². The number of nitrogens with one attached hydrogen (secondary N) is 1. The van der Waals surface area contributed by atoms with E-state index in [1.807, 2.05) is 60.7 Å². The molecule has 28 heavy (non-hydrogen) atoms. The lowest BCUT2D eigenvalue weighted by molar-refractivity contribution is 0.0958. The molecule has 0 aromatic heterocycles. The van der Waals surface area contributed by atoms with Gasteiger partial charge in [0.05, 0.1) is 13.2 Å². The quantitative estimate of drug-likeness (QED) is 0.851. The number of para-hydroxylation sites is 1. The Bertz CT molecular complexity index is 759. The van der Waals surface area contributed by atoms with Crippen molar-refractivity contribution in [3.8, 4) is 0 Å².